The van der Waals surface area contributed by atoms with E-state index in [2.05, 4.69) is 4.37 Å². The molecule has 2 heterocycles. The lowest BCUT2D eigenvalue weighted by Gasteiger charge is -2.14. The van der Waals surface area contributed by atoms with E-state index in [0.29, 0.717) is 12.1 Å². The van der Waals surface area contributed by atoms with E-state index >= 15 is 0 Å². The van der Waals surface area contributed by atoms with Crippen LogP contribution in [0.3, 0.4) is 0 Å². The molecule has 0 spiro atoms. The van der Waals surface area contributed by atoms with Crippen LogP contribution in [0.5, 0.6) is 0 Å². The number of hydrogen-bond donors (Lipinski definition) is 1. The molecule has 1 saturated heterocycles. The Hall–Kier alpha value is -1.76. The fraction of sp³-hybridized carbons (Fsp3) is 0.400. The lowest BCUT2D eigenvalue weighted by atomic mass is 10.2. The summed E-state index contributed by atoms with van der Waals surface area (Å²) in [5.41, 5.74) is 0.289. The third kappa shape index (κ3) is 1.25. The number of aromatic carboxylic acids is 1. The number of nitrogens with zero attached hydrogens (tertiary/aromatic N) is 2. The molecule has 0 bridgehead atoms. The lowest BCUT2D eigenvalue weighted by Crippen LogP contribution is -2.33. The van der Waals surface area contributed by atoms with Crippen molar-refractivity contribution in [1.29, 1.82) is 0 Å². The van der Waals surface area contributed by atoms with Crippen LogP contribution in [0.4, 0.5) is 5.00 Å². The summed E-state index contributed by atoms with van der Waals surface area (Å²) in [6.07, 6.45) is 0.606. The monoisotopic (exact) mass is 252 g/mol. The molecule has 1 aromatic rings. The highest BCUT2D eigenvalue weighted by atomic mass is 32.1. The number of hydrogen-bond acceptors (Lipinski definition) is 5. The molecule has 2 fully saturated rings. The zero-order valence-corrected chi connectivity index (χ0v) is 9.65. The number of fused-ring (bicyclic) bond motifs is 1. The van der Waals surface area contributed by atoms with Crippen LogP contribution >= 0.6 is 11.5 Å². The van der Waals surface area contributed by atoms with Gasteiger partial charge in [0, 0.05) is 0 Å². The summed E-state index contributed by atoms with van der Waals surface area (Å²) in [7, 11) is 0. The summed E-state index contributed by atoms with van der Waals surface area (Å²) in [5, 5.41) is 9.21. The van der Waals surface area contributed by atoms with E-state index < -0.39 is 5.97 Å². The molecule has 2 aliphatic rings. The van der Waals surface area contributed by atoms with Crippen LogP contribution in [0.1, 0.15) is 22.5 Å². The van der Waals surface area contributed by atoms with Crippen molar-refractivity contribution < 1.29 is 19.5 Å². The van der Waals surface area contributed by atoms with Gasteiger partial charge in [0.2, 0.25) is 11.8 Å². The van der Waals surface area contributed by atoms with Crippen LogP contribution in [0, 0.1) is 18.8 Å². The van der Waals surface area contributed by atoms with Crippen LogP contribution in [-0.2, 0) is 9.59 Å². The maximum atomic E-state index is 11.8. The third-order valence-electron chi connectivity index (χ3n) is 3.13. The highest BCUT2D eigenvalue weighted by Gasteiger charge is 2.60. The first-order valence-corrected chi connectivity index (χ1v) is 5.87. The summed E-state index contributed by atoms with van der Waals surface area (Å²) in [6.45, 7) is 1.55. The zero-order valence-electron chi connectivity index (χ0n) is 8.84. The van der Waals surface area contributed by atoms with Gasteiger partial charge in [0.25, 0.3) is 0 Å². The molecule has 2 amide bonds. The molecule has 6 nitrogen and oxygen atoms in total. The van der Waals surface area contributed by atoms with Crippen LogP contribution in [0.2, 0.25) is 0 Å². The molecule has 1 saturated carbocycles. The Morgan fingerprint density at radius 2 is 2.00 bits per heavy atom. The van der Waals surface area contributed by atoms with Crippen LogP contribution < -0.4 is 4.90 Å². The Morgan fingerprint density at radius 3 is 2.53 bits per heavy atom. The van der Waals surface area contributed by atoms with Crippen LogP contribution in [0.25, 0.3) is 0 Å². The van der Waals surface area contributed by atoms with Gasteiger partial charge < -0.3 is 5.11 Å². The number of piperidine rings is 1. The Bertz CT molecular complexity index is 545. The van der Waals surface area contributed by atoms with Gasteiger partial charge in [0.15, 0.2) is 0 Å². The molecule has 17 heavy (non-hydrogen) atoms. The van der Waals surface area contributed by atoms with Crippen molar-refractivity contribution in [1.82, 2.24) is 4.37 Å². The number of aromatic nitrogens is 1. The fourth-order valence-electron chi connectivity index (χ4n) is 2.14. The minimum Gasteiger partial charge on any atom is -0.478 e. The molecule has 7 heteroatoms. The summed E-state index contributed by atoms with van der Waals surface area (Å²) < 4.78 is 3.91. The minimum absolute atomic E-state index is 0.0435. The minimum atomic E-state index is -1.16. The average Bonchev–Trinajstić information content (AvgIpc) is 2.91. The van der Waals surface area contributed by atoms with Crippen molar-refractivity contribution in [3.63, 3.8) is 0 Å². The molecule has 1 aliphatic carbocycles. The van der Waals surface area contributed by atoms with E-state index in [4.69, 9.17) is 5.11 Å². The average molecular weight is 252 g/mol. The number of rotatable bonds is 2. The highest BCUT2D eigenvalue weighted by Crippen LogP contribution is 2.49. The topological polar surface area (TPSA) is 87.6 Å². The number of amides is 2. The zero-order chi connectivity index (χ0) is 12.3. The second kappa shape index (κ2) is 3.13. The van der Waals surface area contributed by atoms with Crippen LogP contribution in [0.15, 0.2) is 0 Å². The Labute approximate surface area is 100 Å². The molecule has 1 aliphatic heterocycles. The Balaban J connectivity index is 2.08. The van der Waals surface area contributed by atoms with Gasteiger partial charge in [-0.3, -0.25) is 9.59 Å². The normalized spacial score (nSPS) is 26.3. The second-order valence-corrected chi connectivity index (χ2v) is 4.97. The van der Waals surface area contributed by atoms with Crippen molar-refractivity contribution in [2.75, 3.05) is 4.90 Å². The number of carbonyl (C=O) groups is 3. The van der Waals surface area contributed by atoms with Crippen molar-refractivity contribution in [2.24, 2.45) is 11.8 Å². The summed E-state index contributed by atoms with van der Waals surface area (Å²) >= 11 is 0.885. The van der Waals surface area contributed by atoms with Crippen LogP contribution in [-0.4, -0.2) is 27.3 Å². The van der Waals surface area contributed by atoms with Gasteiger partial charge in [-0.05, 0) is 24.9 Å². The molecule has 3 rings (SSSR count). The first-order chi connectivity index (χ1) is 8.02. The molecular weight excluding hydrogens is 244 g/mol. The number of anilines is 1. The van der Waals surface area contributed by atoms with Gasteiger partial charge in [0.05, 0.1) is 17.5 Å². The lowest BCUT2D eigenvalue weighted by molar-refractivity contribution is -0.123. The largest absolute Gasteiger partial charge is 0.478 e. The molecule has 1 aromatic heterocycles. The SMILES string of the molecule is Cc1nsc(N2C(=O)C3CC3C2=O)c1C(=O)O. The van der Waals surface area contributed by atoms with E-state index in [1.165, 1.54) is 0 Å². The molecule has 2 unspecified atom stereocenters. The fourth-order valence-corrected chi connectivity index (χ4v) is 3.04. The van der Waals surface area contributed by atoms with Gasteiger partial charge >= 0.3 is 5.97 Å². The van der Waals surface area contributed by atoms with Gasteiger partial charge in [-0.15, -0.1) is 0 Å². The Kier molecular flexibility index (Phi) is 1.91. The predicted molar refractivity (Wildman–Crippen MR) is 57.9 cm³/mol. The summed E-state index contributed by atoms with van der Waals surface area (Å²) in [5.74, 6) is -2.19. The molecule has 0 radical (unpaired) electrons. The third-order valence-corrected chi connectivity index (χ3v) is 4.05. The summed E-state index contributed by atoms with van der Waals surface area (Å²) in [6, 6.07) is 0. The number of imide groups is 1. The maximum Gasteiger partial charge on any atom is 0.340 e. The Morgan fingerprint density at radius 1 is 1.41 bits per heavy atom. The first kappa shape index (κ1) is 10.4. The smallest absolute Gasteiger partial charge is 0.340 e. The van der Waals surface area contributed by atoms with Gasteiger partial charge in [-0.25, -0.2) is 9.69 Å². The summed E-state index contributed by atoms with van der Waals surface area (Å²) in [4.78, 5) is 35.7. The van der Waals surface area contributed by atoms with Gasteiger partial charge in [-0.1, -0.05) is 0 Å². The number of carboxylic acid groups (broad SMARTS) is 1. The molecule has 0 aromatic carbocycles. The molecular formula is C10H8N2O4S. The molecule has 2 atom stereocenters. The quantitative estimate of drug-likeness (QED) is 0.781. The van der Waals surface area contributed by atoms with Gasteiger partial charge in [-0.2, -0.15) is 4.37 Å². The van der Waals surface area contributed by atoms with Crippen molar-refractivity contribution in [2.45, 2.75) is 13.3 Å². The van der Waals surface area contributed by atoms with E-state index in [0.717, 1.165) is 16.4 Å². The van der Waals surface area contributed by atoms with E-state index in [9.17, 15) is 14.4 Å². The van der Waals surface area contributed by atoms with Crippen molar-refractivity contribution in [3.05, 3.63) is 11.3 Å². The highest BCUT2D eigenvalue weighted by molar-refractivity contribution is 7.11. The maximum absolute atomic E-state index is 11.8. The predicted octanol–water partition coefficient (Wildman–Crippen LogP) is 0.659. The number of aryl methyl sites for hydroxylation is 1. The standard InChI is InChI=1S/C10H8N2O4S/c1-3-6(10(15)16)9(17-11-3)12-7(13)4-2-5(4)8(12)14/h4-5H,2H2,1H3,(H,15,16). The van der Waals surface area contributed by atoms with E-state index in [1.807, 2.05) is 0 Å². The molecule has 1 N–H and O–H groups in total. The van der Waals surface area contributed by atoms with Crippen molar-refractivity contribution in [3.8, 4) is 0 Å². The van der Waals surface area contributed by atoms with E-state index in [1.54, 1.807) is 6.92 Å². The number of carbonyl (C=O) groups excluding carboxylic acids is 2. The number of carboxylic acids is 1. The first-order valence-electron chi connectivity index (χ1n) is 5.09. The molecule has 88 valence electrons. The van der Waals surface area contributed by atoms with Gasteiger partial charge in [0.1, 0.15) is 10.6 Å². The van der Waals surface area contributed by atoms with Crippen molar-refractivity contribution >= 4 is 34.3 Å². The van der Waals surface area contributed by atoms with E-state index in [-0.39, 0.29) is 34.2 Å². The second-order valence-electron chi connectivity index (χ2n) is 4.21.